The number of hydrogen-bond donors (Lipinski definition) is 1. The second-order valence-electron chi connectivity index (χ2n) is 4.21. The minimum atomic E-state index is -3.87. The molecule has 7 heteroatoms. The van der Waals surface area contributed by atoms with Crippen LogP contribution >= 0.6 is 0 Å². The zero-order valence-corrected chi connectivity index (χ0v) is 11.4. The minimum Gasteiger partial charge on any atom is -0.399 e. The number of benzene rings is 1. The van der Waals surface area contributed by atoms with Crippen molar-refractivity contribution >= 4 is 21.6 Å². The van der Waals surface area contributed by atoms with Crippen LogP contribution in [0.2, 0.25) is 0 Å². The van der Waals surface area contributed by atoms with E-state index in [-0.39, 0.29) is 11.3 Å². The van der Waals surface area contributed by atoms with Gasteiger partial charge in [0.05, 0.1) is 4.90 Å². The number of nitrogen functional groups attached to an aromatic ring is 1. The lowest BCUT2D eigenvalue weighted by molar-refractivity contribution is -0.128. The van der Waals surface area contributed by atoms with Crippen LogP contribution in [0, 0.1) is 0 Å². The molecule has 0 aromatic heterocycles. The lowest BCUT2D eigenvalue weighted by Gasteiger charge is -2.23. The Labute approximate surface area is 112 Å². The van der Waals surface area contributed by atoms with E-state index in [0.717, 1.165) is 4.31 Å². The second-order valence-corrected chi connectivity index (χ2v) is 6.03. The van der Waals surface area contributed by atoms with Gasteiger partial charge < -0.3 is 10.5 Å². The molecule has 1 fully saturated rings. The Morgan fingerprint density at radius 1 is 1.37 bits per heavy atom. The van der Waals surface area contributed by atoms with Gasteiger partial charge in [-0.15, -0.1) is 0 Å². The molecule has 0 saturated carbocycles. The van der Waals surface area contributed by atoms with E-state index in [0.29, 0.717) is 18.7 Å². The molecule has 0 aliphatic carbocycles. The lowest BCUT2D eigenvalue weighted by atomic mass is 10.3. The van der Waals surface area contributed by atoms with Crippen LogP contribution in [0.1, 0.15) is 19.8 Å². The standard InChI is InChI=1S/C12H16N2O4S/c1-2-18-12-8-7-11(15)14(12)19(16,17)10-5-3-9(13)4-6-10/h3-6,12H,2,7-8,13H2,1H3. The quantitative estimate of drug-likeness (QED) is 0.831. The maximum absolute atomic E-state index is 12.4. The van der Waals surface area contributed by atoms with Gasteiger partial charge in [0.15, 0.2) is 0 Å². The summed E-state index contributed by atoms with van der Waals surface area (Å²) in [6.07, 6.45) is -0.139. The largest absolute Gasteiger partial charge is 0.399 e. The first-order valence-electron chi connectivity index (χ1n) is 6.01. The van der Waals surface area contributed by atoms with Crippen molar-refractivity contribution in [3.05, 3.63) is 24.3 Å². The Balaban J connectivity index is 2.37. The van der Waals surface area contributed by atoms with Gasteiger partial charge in [0.2, 0.25) is 5.91 Å². The molecule has 0 bridgehead atoms. The van der Waals surface area contributed by atoms with Crippen LogP contribution in [-0.4, -0.2) is 31.5 Å². The maximum Gasteiger partial charge on any atom is 0.268 e. The van der Waals surface area contributed by atoms with E-state index in [9.17, 15) is 13.2 Å². The topological polar surface area (TPSA) is 89.7 Å². The van der Waals surface area contributed by atoms with Crippen molar-refractivity contribution in [2.45, 2.75) is 30.9 Å². The van der Waals surface area contributed by atoms with Crippen molar-refractivity contribution in [3.63, 3.8) is 0 Å². The van der Waals surface area contributed by atoms with Crippen LogP contribution in [0.25, 0.3) is 0 Å². The van der Waals surface area contributed by atoms with E-state index in [1.807, 2.05) is 0 Å². The zero-order chi connectivity index (χ0) is 14.0. The maximum atomic E-state index is 12.4. The van der Waals surface area contributed by atoms with E-state index < -0.39 is 22.2 Å². The number of ether oxygens (including phenoxy) is 1. The van der Waals surface area contributed by atoms with E-state index in [1.165, 1.54) is 24.3 Å². The predicted molar refractivity (Wildman–Crippen MR) is 69.5 cm³/mol. The fourth-order valence-corrected chi connectivity index (χ4v) is 3.56. The number of anilines is 1. The number of nitrogens with two attached hydrogens (primary N) is 1. The van der Waals surface area contributed by atoms with Crippen LogP contribution in [0.3, 0.4) is 0 Å². The fourth-order valence-electron chi connectivity index (χ4n) is 2.02. The molecular formula is C12H16N2O4S. The SMILES string of the molecule is CCOC1CCC(=O)N1S(=O)(=O)c1ccc(N)cc1. The highest BCUT2D eigenvalue weighted by Crippen LogP contribution is 2.28. The van der Waals surface area contributed by atoms with E-state index in [2.05, 4.69) is 0 Å². The number of sulfonamides is 1. The summed E-state index contributed by atoms with van der Waals surface area (Å²) in [6, 6.07) is 5.75. The Kier molecular flexibility index (Phi) is 3.77. The third-order valence-corrected chi connectivity index (χ3v) is 4.73. The Bertz CT molecular complexity index is 568. The fraction of sp³-hybridized carbons (Fsp3) is 0.417. The van der Waals surface area contributed by atoms with Crippen LogP contribution in [-0.2, 0) is 19.6 Å². The predicted octanol–water partition coefficient (Wildman–Crippen LogP) is 0.943. The van der Waals surface area contributed by atoms with Gasteiger partial charge in [-0.1, -0.05) is 0 Å². The monoisotopic (exact) mass is 284 g/mol. The number of amides is 1. The van der Waals surface area contributed by atoms with Gasteiger partial charge in [-0.2, -0.15) is 0 Å². The number of hydrogen-bond acceptors (Lipinski definition) is 5. The van der Waals surface area contributed by atoms with Crippen LogP contribution in [0.15, 0.2) is 29.2 Å². The lowest BCUT2D eigenvalue weighted by Crippen LogP contribution is -2.40. The molecule has 1 aliphatic rings. The summed E-state index contributed by atoms with van der Waals surface area (Å²) < 4.78 is 31.0. The van der Waals surface area contributed by atoms with Crippen molar-refractivity contribution in [2.75, 3.05) is 12.3 Å². The number of carbonyl (C=O) groups is 1. The van der Waals surface area contributed by atoms with E-state index in [1.54, 1.807) is 6.92 Å². The summed E-state index contributed by atoms with van der Waals surface area (Å²) in [4.78, 5) is 11.8. The first-order chi connectivity index (χ1) is 8.96. The average Bonchev–Trinajstić information content (AvgIpc) is 2.72. The zero-order valence-electron chi connectivity index (χ0n) is 10.6. The Morgan fingerprint density at radius 3 is 2.58 bits per heavy atom. The molecular weight excluding hydrogens is 268 g/mol. The summed E-state index contributed by atoms with van der Waals surface area (Å²) in [5, 5.41) is 0. The average molecular weight is 284 g/mol. The molecule has 1 aliphatic heterocycles. The first-order valence-corrected chi connectivity index (χ1v) is 7.45. The molecule has 1 aromatic carbocycles. The molecule has 1 unspecified atom stereocenters. The van der Waals surface area contributed by atoms with Crippen molar-refractivity contribution in [1.29, 1.82) is 0 Å². The van der Waals surface area contributed by atoms with Crippen molar-refractivity contribution in [1.82, 2.24) is 4.31 Å². The Hall–Kier alpha value is -1.60. The highest BCUT2D eigenvalue weighted by Gasteiger charge is 2.40. The summed E-state index contributed by atoms with van der Waals surface area (Å²) in [5.41, 5.74) is 5.99. The molecule has 1 atom stereocenters. The second kappa shape index (κ2) is 5.18. The molecule has 1 saturated heterocycles. The van der Waals surface area contributed by atoms with Crippen molar-refractivity contribution < 1.29 is 17.9 Å². The van der Waals surface area contributed by atoms with Gasteiger partial charge >= 0.3 is 0 Å². The van der Waals surface area contributed by atoms with Crippen LogP contribution in [0.5, 0.6) is 0 Å². The van der Waals surface area contributed by atoms with E-state index in [4.69, 9.17) is 10.5 Å². The normalized spacial score (nSPS) is 19.9. The molecule has 104 valence electrons. The molecule has 0 spiro atoms. The molecule has 6 nitrogen and oxygen atoms in total. The van der Waals surface area contributed by atoms with Crippen molar-refractivity contribution in [2.24, 2.45) is 0 Å². The smallest absolute Gasteiger partial charge is 0.268 e. The van der Waals surface area contributed by atoms with Gasteiger partial charge in [-0.05, 0) is 31.2 Å². The summed E-state index contributed by atoms with van der Waals surface area (Å²) in [7, 11) is -3.87. The van der Waals surface area contributed by atoms with Gasteiger partial charge in [-0.3, -0.25) is 4.79 Å². The van der Waals surface area contributed by atoms with Gasteiger partial charge in [0, 0.05) is 25.1 Å². The third kappa shape index (κ3) is 2.57. The number of nitrogens with zero attached hydrogens (tertiary/aromatic N) is 1. The van der Waals surface area contributed by atoms with E-state index >= 15 is 0 Å². The van der Waals surface area contributed by atoms with Gasteiger partial charge in [0.1, 0.15) is 6.23 Å². The molecule has 19 heavy (non-hydrogen) atoms. The van der Waals surface area contributed by atoms with Gasteiger partial charge in [-0.25, -0.2) is 12.7 Å². The Morgan fingerprint density at radius 2 is 2.00 bits per heavy atom. The molecule has 1 aromatic rings. The third-order valence-electron chi connectivity index (χ3n) is 2.91. The van der Waals surface area contributed by atoms with Gasteiger partial charge in [0.25, 0.3) is 10.0 Å². The first kappa shape index (κ1) is 13.8. The number of rotatable bonds is 4. The summed E-state index contributed by atoms with van der Waals surface area (Å²) >= 11 is 0. The molecule has 2 N–H and O–H groups in total. The molecule has 0 radical (unpaired) electrons. The van der Waals surface area contributed by atoms with Crippen LogP contribution < -0.4 is 5.73 Å². The molecule has 1 heterocycles. The number of carbonyl (C=O) groups excluding carboxylic acids is 1. The highest BCUT2D eigenvalue weighted by atomic mass is 32.2. The molecule has 2 rings (SSSR count). The summed E-state index contributed by atoms with van der Waals surface area (Å²) in [5.74, 6) is -0.435. The van der Waals surface area contributed by atoms with Crippen LogP contribution in [0.4, 0.5) is 5.69 Å². The summed E-state index contributed by atoms with van der Waals surface area (Å²) in [6.45, 7) is 2.11. The highest BCUT2D eigenvalue weighted by molar-refractivity contribution is 7.89. The van der Waals surface area contributed by atoms with Crippen molar-refractivity contribution in [3.8, 4) is 0 Å². The minimum absolute atomic E-state index is 0.0432. The molecule has 1 amide bonds.